The minimum Gasteiger partial charge on any atom is -0.358 e. The Morgan fingerprint density at radius 1 is 1.18 bits per heavy atom. The van der Waals surface area contributed by atoms with Crippen LogP contribution in [0.5, 0.6) is 0 Å². The summed E-state index contributed by atoms with van der Waals surface area (Å²) in [6.07, 6.45) is 1.44. The zero-order valence-corrected chi connectivity index (χ0v) is 12.6. The predicted molar refractivity (Wildman–Crippen MR) is 83.4 cm³/mol. The molecule has 22 heavy (non-hydrogen) atoms. The normalized spacial score (nSPS) is 10.1. The maximum atomic E-state index is 12.8. The van der Waals surface area contributed by atoms with Crippen LogP contribution in [0.2, 0.25) is 0 Å². The molecular weight excluding hydrogens is 305 g/mol. The first-order chi connectivity index (χ1) is 10.6. The number of carbonyl (C=O) groups is 2. The van der Waals surface area contributed by atoms with Gasteiger partial charge in [-0.1, -0.05) is 11.8 Å². The molecular formula is C15H14FN3O2S. The molecule has 0 radical (unpaired) electrons. The number of thioether (sulfide) groups is 1. The Hall–Kier alpha value is -2.41. The minimum absolute atomic E-state index is 0.0927. The Bertz CT molecular complexity index is 659. The number of hydrogen-bond donors (Lipinski definition) is 2. The molecule has 0 spiro atoms. The van der Waals surface area contributed by atoms with Crippen molar-refractivity contribution in [3.05, 3.63) is 54.0 Å². The highest BCUT2D eigenvalue weighted by Crippen LogP contribution is 2.16. The molecule has 1 heterocycles. The second-order valence-electron chi connectivity index (χ2n) is 4.31. The van der Waals surface area contributed by atoms with E-state index in [1.807, 2.05) is 0 Å². The summed E-state index contributed by atoms with van der Waals surface area (Å²) in [5, 5.41) is 5.82. The number of rotatable bonds is 5. The number of hydrogen-bond acceptors (Lipinski definition) is 4. The van der Waals surface area contributed by atoms with Crippen molar-refractivity contribution in [3.8, 4) is 0 Å². The molecule has 0 saturated carbocycles. The fraction of sp³-hybridized carbons (Fsp3) is 0.133. The van der Waals surface area contributed by atoms with Gasteiger partial charge in [0, 0.05) is 18.9 Å². The molecule has 7 heteroatoms. The van der Waals surface area contributed by atoms with E-state index in [2.05, 4.69) is 15.6 Å². The number of anilines is 1. The van der Waals surface area contributed by atoms with Crippen molar-refractivity contribution >= 4 is 29.3 Å². The third-order valence-electron chi connectivity index (χ3n) is 2.73. The molecule has 2 rings (SSSR count). The Labute approximate surface area is 131 Å². The smallest absolute Gasteiger partial charge is 0.257 e. The molecule has 0 bridgehead atoms. The maximum Gasteiger partial charge on any atom is 0.257 e. The van der Waals surface area contributed by atoms with Crippen molar-refractivity contribution in [3.63, 3.8) is 0 Å². The Balaban J connectivity index is 1.96. The van der Waals surface area contributed by atoms with Crippen molar-refractivity contribution in [1.29, 1.82) is 0 Å². The fourth-order valence-electron chi connectivity index (χ4n) is 1.55. The number of pyridine rings is 1. The summed E-state index contributed by atoms with van der Waals surface area (Å²) in [6.45, 7) is 0. The van der Waals surface area contributed by atoms with E-state index in [1.165, 1.54) is 42.2 Å². The summed E-state index contributed by atoms with van der Waals surface area (Å²) in [4.78, 5) is 27.3. The molecule has 114 valence electrons. The zero-order chi connectivity index (χ0) is 15.9. The van der Waals surface area contributed by atoms with Gasteiger partial charge < -0.3 is 10.6 Å². The zero-order valence-electron chi connectivity index (χ0n) is 11.8. The lowest BCUT2D eigenvalue weighted by molar-refractivity contribution is -0.118. The molecule has 1 aromatic carbocycles. The van der Waals surface area contributed by atoms with E-state index in [-0.39, 0.29) is 23.4 Å². The third kappa shape index (κ3) is 4.56. The van der Waals surface area contributed by atoms with Crippen molar-refractivity contribution in [2.75, 3.05) is 18.1 Å². The summed E-state index contributed by atoms with van der Waals surface area (Å²) in [6, 6.07) is 8.80. The van der Waals surface area contributed by atoms with Gasteiger partial charge in [0.1, 0.15) is 5.82 Å². The fourth-order valence-corrected chi connectivity index (χ4v) is 2.26. The van der Waals surface area contributed by atoms with Gasteiger partial charge in [0.25, 0.3) is 5.91 Å². The highest BCUT2D eigenvalue weighted by atomic mass is 32.2. The molecule has 0 fully saturated rings. The van der Waals surface area contributed by atoms with Crippen molar-refractivity contribution in [1.82, 2.24) is 10.3 Å². The number of amides is 2. The molecule has 0 aliphatic carbocycles. The van der Waals surface area contributed by atoms with Crippen LogP contribution in [0.3, 0.4) is 0 Å². The predicted octanol–water partition coefficient (Wildman–Crippen LogP) is 2.31. The van der Waals surface area contributed by atoms with Gasteiger partial charge in [-0.15, -0.1) is 0 Å². The van der Waals surface area contributed by atoms with Gasteiger partial charge in [-0.25, -0.2) is 9.37 Å². The van der Waals surface area contributed by atoms with E-state index in [0.717, 1.165) is 0 Å². The molecule has 0 saturated heterocycles. The first-order valence-corrected chi connectivity index (χ1v) is 7.43. The molecule has 0 aliphatic heterocycles. The monoisotopic (exact) mass is 319 g/mol. The second kappa shape index (κ2) is 7.56. The van der Waals surface area contributed by atoms with Gasteiger partial charge in [0.15, 0.2) is 0 Å². The van der Waals surface area contributed by atoms with Crippen LogP contribution < -0.4 is 10.6 Å². The quantitative estimate of drug-likeness (QED) is 0.830. The molecule has 1 aromatic heterocycles. The van der Waals surface area contributed by atoms with Crippen LogP contribution in [-0.4, -0.2) is 29.6 Å². The van der Waals surface area contributed by atoms with Crippen LogP contribution in [0.25, 0.3) is 0 Å². The van der Waals surface area contributed by atoms with Gasteiger partial charge in [-0.2, -0.15) is 0 Å². The number of benzene rings is 1. The van der Waals surface area contributed by atoms with Crippen LogP contribution in [-0.2, 0) is 4.79 Å². The minimum atomic E-state index is -0.364. The van der Waals surface area contributed by atoms with Gasteiger partial charge in [-0.05, 0) is 36.4 Å². The van der Waals surface area contributed by atoms with Crippen LogP contribution in [0.15, 0.2) is 47.6 Å². The Kier molecular flexibility index (Phi) is 5.48. The summed E-state index contributed by atoms with van der Waals surface area (Å²) >= 11 is 1.28. The summed E-state index contributed by atoms with van der Waals surface area (Å²) < 4.78 is 12.8. The lowest BCUT2D eigenvalue weighted by Gasteiger charge is -2.05. The molecule has 0 unspecified atom stereocenters. The molecule has 2 N–H and O–H groups in total. The van der Waals surface area contributed by atoms with Crippen molar-refractivity contribution in [2.45, 2.75) is 5.03 Å². The van der Waals surface area contributed by atoms with Gasteiger partial charge in [0.05, 0.1) is 16.3 Å². The largest absolute Gasteiger partial charge is 0.358 e. The summed E-state index contributed by atoms with van der Waals surface area (Å²) in [5.74, 6) is -0.519. The highest BCUT2D eigenvalue weighted by Gasteiger charge is 2.08. The topological polar surface area (TPSA) is 71.1 Å². The average Bonchev–Trinajstić information content (AvgIpc) is 2.55. The van der Waals surface area contributed by atoms with Gasteiger partial charge in [-0.3, -0.25) is 9.59 Å². The standard InChI is InChI=1S/C15H14FN3O2S/c1-17-13(20)9-22-14-7-2-10(8-18-14)15(21)19-12-5-3-11(16)4-6-12/h2-8H,9H2,1H3,(H,17,20)(H,19,21). The lowest BCUT2D eigenvalue weighted by atomic mass is 10.2. The molecule has 2 amide bonds. The van der Waals surface area contributed by atoms with Crippen molar-refractivity contribution < 1.29 is 14.0 Å². The number of aromatic nitrogens is 1. The van der Waals surface area contributed by atoms with Crippen LogP contribution >= 0.6 is 11.8 Å². The van der Waals surface area contributed by atoms with E-state index >= 15 is 0 Å². The van der Waals surface area contributed by atoms with Crippen LogP contribution in [0.4, 0.5) is 10.1 Å². The molecule has 0 aliphatic rings. The summed E-state index contributed by atoms with van der Waals surface area (Å²) in [7, 11) is 1.57. The van der Waals surface area contributed by atoms with Crippen LogP contribution in [0.1, 0.15) is 10.4 Å². The van der Waals surface area contributed by atoms with Crippen LogP contribution in [0, 0.1) is 5.82 Å². The highest BCUT2D eigenvalue weighted by molar-refractivity contribution is 7.99. The van der Waals surface area contributed by atoms with E-state index in [4.69, 9.17) is 0 Å². The average molecular weight is 319 g/mol. The number of halogens is 1. The second-order valence-corrected chi connectivity index (χ2v) is 5.30. The number of nitrogens with zero attached hydrogens (tertiary/aromatic N) is 1. The molecule has 0 atom stereocenters. The SMILES string of the molecule is CNC(=O)CSc1ccc(C(=O)Nc2ccc(F)cc2)cn1. The summed E-state index contributed by atoms with van der Waals surface area (Å²) in [5.41, 5.74) is 0.887. The Morgan fingerprint density at radius 3 is 2.50 bits per heavy atom. The Morgan fingerprint density at radius 2 is 1.91 bits per heavy atom. The third-order valence-corrected chi connectivity index (χ3v) is 3.67. The van der Waals surface area contributed by atoms with E-state index < -0.39 is 0 Å². The molecule has 5 nitrogen and oxygen atoms in total. The van der Waals surface area contributed by atoms with E-state index in [0.29, 0.717) is 16.3 Å². The van der Waals surface area contributed by atoms with E-state index in [1.54, 1.807) is 19.2 Å². The van der Waals surface area contributed by atoms with Gasteiger partial charge >= 0.3 is 0 Å². The number of nitrogens with one attached hydrogen (secondary N) is 2. The van der Waals surface area contributed by atoms with Gasteiger partial charge in [0.2, 0.25) is 5.91 Å². The van der Waals surface area contributed by atoms with Crippen molar-refractivity contribution in [2.24, 2.45) is 0 Å². The first-order valence-electron chi connectivity index (χ1n) is 6.45. The maximum absolute atomic E-state index is 12.8. The first kappa shape index (κ1) is 16.0. The molecule has 2 aromatic rings. The van der Waals surface area contributed by atoms with E-state index in [9.17, 15) is 14.0 Å². The number of carbonyl (C=O) groups excluding carboxylic acids is 2. The lowest BCUT2D eigenvalue weighted by Crippen LogP contribution is -2.19.